The molecule has 1 atom stereocenters. The summed E-state index contributed by atoms with van der Waals surface area (Å²) in [6, 6.07) is 0. The average Bonchev–Trinajstić information content (AvgIpc) is 2.43. The summed E-state index contributed by atoms with van der Waals surface area (Å²) in [5.41, 5.74) is 0.232. The topological polar surface area (TPSA) is 46.2 Å². The Morgan fingerprint density at radius 2 is 1.67 bits per heavy atom. The lowest BCUT2D eigenvalue weighted by atomic mass is 9.86. The number of carbonyl (C=O) groups is 2. The molecule has 0 spiro atoms. The number of hydrogen-bond acceptors (Lipinski definition) is 3. The van der Waals surface area contributed by atoms with E-state index >= 15 is 0 Å². The van der Waals surface area contributed by atoms with Crippen LogP contribution in [-0.2, 0) is 9.59 Å². The number of hydrogen-bond donors (Lipinski definition) is 1. The van der Waals surface area contributed by atoms with E-state index in [1.165, 1.54) is 0 Å². The van der Waals surface area contributed by atoms with Crippen molar-refractivity contribution in [2.75, 3.05) is 0 Å². The maximum atomic E-state index is 11.5. The predicted octanol–water partition coefficient (Wildman–Crippen LogP) is 3.38. The van der Waals surface area contributed by atoms with Crippen molar-refractivity contribution in [1.82, 2.24) is 5.32 Å². The molecule has 4 heteroatoms. The lowest BCUT2D eigenvalue weighted by Crippen LogP contribution is -2.30. The Morgan fingerprint density at radius 1 is 1.17 bits per heavy atom. The Kier molecular flexibility index (Phi) is 6.41. The third-order valence-corrected chi connectivity index (χ3v) is 3.79. The van der Waals surface area contributed by atoms with E-state index in [1.54, 1.807) is 11.8 Å². The fourth-order valence-corrected chi connectivity index (χ4v) is 4.02. The highest BCUT2D eigenvalue weighted by molar-refractivity contribution is 8.02. The van der Waals surface area contributed by atoms with E-state index in [0.717, 1.165) is 6.42 Å². The van der Waals surface area contributed by atoms with Gasteiger partial charge in [0.25, 0.3) is 0 Å². The van der Waals surface area contributed by atoms with E-state index < -0.39 is 0 Å². The summed E-state index contributed by atoms with van der Waals surface area (Å²) in [5, 5.41) is 2.15. The molecular formula is C14H27NO2S. The van der Waals surface area contributed by atoms with Crippen molar-refractivity contribution >= 4 is 23.6 Å². The average molecular weight is 273 g/mol. The molecule has 0 aliphatic carbocycles. The molecule has 0 aromatic rings. The number of nitrogens with one attached hydrogen (secondary N) is 1. The molecule has 1 aliphatic rings. The van der Waals surface area contributed by atoms with Crippen LogP contribution in [0.15, 0.2) is 0 Å². The van der Waals surface area contributed by atoms with Gasteiger partial charge < -0.3 is 0 Å². The van der Waals surface area contributed by atoms with Gasteiger partial charge in [-0.1, -0.05) is 48.5 Å². The highest BCUT2D eigenvalue weighted by atomic mass is 32.2. The van der Waals surface area contributed by atoms with Crippen LogP contribution in [0.5, 0.6) is 0 Å². The first-order valence-electron chi connectivity index (χ1n) is 6.61. The summed E-state index contributed by atoms with van der Waals surface area (Å²) in [7, 11) is 0. The zero-order valence-corrected chi connectivity index (χ0v) is 13.5. The van der Waals surface area contributed by atoms with E-state index in [9.17, 15) is 9.59 Å². The Morgan fingerprint density at radius 3 is 2.00 bits per heavy atom. The number of amides is 2. The smallest absolute Gasteiger partial charge is 0.240 e. The van der Waals surface area contributed by atoms with Gasteiger partial charge in [0.15, 0.2) is 0 Å². The Balaban J connectivity index is 0.00000137. The van der Waals surface area contributed by atoms with Gasteiger partial charge in [-0.2, -0.15) is 0 Å². The van der Waals surface area contributed by atoms with Crippen molar-refractivity contribution in [1.29, 1.82) is 0 Å². The monoisotopic (exact) mass is 273 g/mol. The lowest BCUT2D eigenvalue weighted by molar-refractivity contribution is -0.124. The molecule has 0 aromatic heterocycles. The summed E-state index contributed by atoms with van der Waals surface area (Å²) in [6.45, 7) is 14.8. The molecular weight excluding hydrogens is 246 g/mol. The summed E-state index contributed by atoms with van der Waals surface area (Å²) in [5.74, 6) is -0.272. The van der Waals surface area contributed by atoms with Gasteiger partial charge in [0.1, 0.15) is 0 Å². The van der Waals surface area contributed by atoms with Gasteiger partial charge in [0.2, 0.25) is 11.8 Å². The second-order valence-corrected chi connectivity index (χ2v) is 8.13. The fourth-order valence-electron chi connectivity index (χ4n) is 2.33. The third-order valence-electron chi connectivity index (χ3n) is 2.34. The van der Waals surface area contributed by atoms with Gasteiger partial charge in [-0.25, -0.2) is 0 Å². The van der Waals surface area contributed by atoms with Crippen molar-refractivity contribution in [3.8, 4) is 0 Å². The molecule has 18 heavy (non-hydrogen) atoms. The summed E-state index contributed by atoms with van der Waals surface area (Å²) in [6.07, 6.45) is 1.35. The second kappa shape index (κ2) is 6.60. The van der Waals surface area contributed by atoms with Crippen molar-refractivity contribution in [3.05, 3.63) is 0 Å². The van der Waals surface area contributed by atoms with Gasteiger partial charge in [-0.15, -0.1) is 11.8 Å². The molecule has 1 rings (SSSR count). The van der Waals surface area contributed by atoms with Crippen LogP contribution in [0.3, 0.4) is 0 Å². The number of carbonyl (C=O) groups excluding carboxylic acids is 2. The number of rotatable bonds is 3. The van der Waals surface area contributed by atoms with Crippen molar-refractivity contribution in [3.63, 3.8) is 0 Å². The van der Waals surface area contributed by atoms with Crippen LogP contribution in [0, 0.1) is 5.41 Å². The normalized spacial score (nSPS) is 20.3. The third kappa shape index (κ3) is 6.43. The van der Waals surface area contributed by atoms with Gasteiger partial charge in [-0.3, -0.25) is 14.9 Å². The first-order valence-corrected chi connectivity index (χ1v) is 7.49. The van der Waals surface area contributed by atoms with Gasteiger partial charge in [0.05, 0.1) is 5.25 Å². The molecule has 2 amide bonds. The zero-order chi connectivity index (χ0) is 14.6. The van der Waals surface area contributed by atoms with E-state index in [0.29, 0.717) is 6.42 Å². The van der Waals surface area contributed by atoms with Crippen LogP contribution in [0.25, 0.3) is 0 Å². The molecule has 1 fully saturated rings. The van der Waals surface area contributed by atoms with Crippen molar-refractivity contribution in [2.45, 2.75) is 71.3 Å². The predicted molar refractivity (Wildman–Crippen MR) is 78.6 cm³/mol. The molecule has 0 aromatic carbocycles. The highest BCUT2D eigenvalue weighted by Crippen LogP contribution is 2.40. The van der Waals surface area contributed by atoms with Crippen molar-refractivity contribution in [2.24, 2.45) is 5.41 Å². The minimum Gasteiger partial charge on any atom is -0.295 e. The molecule has 106 valence electrons. The van der Waals surface area contributed by atoms with Crippen LogP contribution in [0.1, 0.15) is 61.3 Å². The molecule has 1 unspecified atom stereocenters. The standard InChI is InChI=1S/C12H21NO2S.C2H6/c1-11(2,3)7-12(4,5)16-8-6-9(14)13-10(8)15;1-2/h8H,6-7H2,1-5H3,(H,13,14,15);1-2H3. The first-order chi connectivity index (χ1) is 8.09. The van der Waals surface area contributed by atoms with E-state index in [2.05, 4.69) is 39.9 Å². The van der Waals surface area contributed by atoms with Gasteiger partial charge in [-0.05, 0) is 11.8 Å². The second-order valence-electron chi connectivity index (χ2n) is 6.22. The molecule has 1 heterocycles. The minimum absolute atomic E-state index is 0.0187. The van der Waals surface area contributed by atoms with Crippen LogP contribution in [-0.4, -0.2) is 21.8 Å². The molecule has 0 saturated carbocycles. The summed E-state index contributed by atoms with van der Waals surface area (Å²) in [4.78, 5) is 22.6. The van der Waals surface area contributed by atoms with Gasteiger partial charge >= 0.3 is 0 Å². The van der Waals surface area contributed by atoms with E-state index in [1.807, 2.05) is 13.8 Å². The Bertz CT molecular complexity index is 305. The Labute approximate surface area is 115 Å². The van der Waals surface area contributed by atoms with E-state index in [-0.39, 0.29) is 27.2 Å². The molecule has 1 N–H and O–H groups in total. The van der Waals surface area contributed by atoms with Crippen LogP contribution in [0.2, 0.25) is 0 Å². The fraction of sp³-hybridized carbons (Fsp3) is 0.857. The number of imide groups is 1. The molecule has 1 saturated heterocycles. The van der Waals surface area contributed by atoms with Gasteiger partial charge in [0, 0.05) is 11.2 Å². The molecule has 3 nitrogen and oxygen atoms in total. The quantitative estimate of drug-likeness (QED) is 0.802. The Hall–Kier alpha value is -0.510. The first kappa shape index (κ1) is 17.5. The largest absolute Gasteiger partial charge is 0.295 e. The summed E-state index contributed by atoms with van der Waals surface area (Å²) >= 11 is 1.62. The van der Waals surface area contributed by atoms with Crippen molar-refractivity contribution < 1.29 is 9.59 Å². The highest BCUT2D eigenvalue weighted by Gasteiger charge is 2.37. The SMILES string of the molecule is CC.CC(C)(C)CC(C)(C)SC1CC(=O)NC1=O. The maximum Gasteiger partial charge on any atom is 0.240 e. The zero-order valence-electron chi connectivity index (χ0n) is 12.7. The summed E-state index contributed by atoms with van der Waals surface area (Å²) < 4.78 is 0.0187. The van der Waals surface area contributed by atoms with Crippen LogP contribution >= 0.6 is 11.8 Å². The molecule has 0 radical (unpaired) electrons. The molecule has 0 bridgehead atoms. The maximum absolute atomic E-state index is 11.5. The van der Waals surface area contributed by atoms with E-state index in [4.69, 9.17) is 0 Å². The molecule has 1 aliphatic heterocycles. The number of thioether (sulfide) groups is 1. The lowest BCUT2D eigenvalue weighted by Gasteiger charge is -2.33. The minimum atomic E-state index is -0.204. The van der Waals surface area contributed by atoms with Crippen LogP contribution < -0.4 is 5.32 Å². The van der Waals surface area contributed by atoms with Crippen LogP contribution in [0.4, 0.5) is 0 Å².